The van der Waals surface area contributed by atoms with E-state index in [4.69, 9.17) is 0 Å². The van der Waals surface area contributed by atoms with Gasteiger partial charge in [0.1, 0.15) is 0 Å². The second-order valence-corrected chi connectivity index (χ2v) is 9.06. The molecule has 2 rings (SSSR count). The monoisotopic (exact) mass is 337 g/mol. The van der Waals surface area contributed by atoms with E-state index >= 15 is 0 Å². The summed E-state index contributed by atoms with van der Waals surface area (Å²) in [6, 6.07) is 7.78. The van der Waals surface area contributed by atoms with Gasteiger partial charge in [-0.2, -0.15) is 0 Å². The van der Waals surface area contributed by atoms with Gasteiger partial charge in [0.25, 0.3) is 0 Å². The van der Waals surface area contributed by atoms with E-state index in [0.29, 0.717) is 11.6 Å². The van der Waals surface area contributed by atoms with E-state index in [0.717, 1.165) is 38.5 Å². The molecule has 3 nitrogen and oxygen atoms in total. The third-order valence-corrected chi connectivity index (χ3v) is 6.70. The first-order chi connectivity index (χ1) is 11.0. The predicted octanol–water partition coefficient (Wildman–Crippen LogP) is 5.44. The summed E-state index contributed by atoms with van der Waals surface area (Å²) in [4.78, 5) is 0. The summed E-state index contributed by atoms with van der Waals surface area (Å²) in [6.45, 7) is 4.28. The maximum atomic E-state index is 12.7. The van der Waals surface area contributed by atoms with Crippen molar-refractivity contribution < 1.29 is 8.42 Å². The van der Waals surface area contributed by atoms with E-state index in [1.54, 1.807) is 0 Å². The fraction of sp³-hybridized carbons (Fsp3) is 0.684. The lowest BCUT2D eigenvalue weighted by atomic mass is 10.0. The highest BCUT2D eigenvalue weighted by atomic mass is 32.2. The van der Waals surface area contributed by atoms with Crippen LogP contribution in [0.2, 0.25) is 0 Å². The lowest BCUT2D eigenvalue weighted by molar-refractivity contribution is 0.492. The normalized spacial score (nSPS) is 18.7. The van der Waals surface area contributed by atoms with Crippen molar-refractivity contribution in [2.75, 3.05) is 4.72 Å². The standard InChI is InChI=1S/C19H31NO2S/c1-16(2)17-12-14-18(15-13-17)20-23(21,22)19-10-8-6-4-3-5-7-9-11-19/h12-16,19-20H,3-11H2,1-2H3. The van der Waals surface area contributed by atoms with Gasteiger partial charge >= 0.3 is 0 Å². The molecule has 0 heterocycles. The average Bonchev–Trinajstić information content (AvgIpc) is 2.52. The summed E-state index contributed by atoms with van der Waals surface area (Å²) >= 11 is 0. The Hall–Kier alpha value is -1.03. The molecule has 0 atom stereocenters. The molecule has 1 aromatic rings. The Morgan fingerprint density at radius 2 is 1.35 bits per heavy atom. The minimum atomic E-state index is -3.29. The van der Waals surface area contributed by atoms with Gasteiger partial charge in [-0.1, -0.05) is 70.9 Å². The highest BCUT2D eigenvalue weighted by Crippen LogP contribution is 2.24. The van der Waals surface area contributed by atoms with Gasteiger partial charge in [0.2, 0.25) is 10.0 Å². The molecule has 4 heteroatoms. The second-order valence-electron chi connectivity index (χ2n) is 7.10. The van der Waals surface area contributed by atoms with Crippen molar-refractivity contribution >= 4 is 15.7 Å². The molecule has 1 aliphatic carbocycles. The SMILES string of the molecule is CC(C)c1ccc(NS(=O)(=O)C2CCCCCCCCC2)cc1. The zero-order valence-corrected chi connectivity index (χ0v) is 15.4. The van der Waals surface area contributed by atoms with Crippen LogP contribution in [0.5, 0.6) is 0 Å². The fourth-order valence-corrected chi connectivity index (χ4v) is 4.85. The third-order valence-electron chi connectivity index (χ3n) is 4.83. The molecule has 0 saturated heterocycles. The molecule has 23 heavy (non-hydrogen) atoms. The van der Waals surface area contributed by atoms with E-state index in [2.05, 4.69) is 18.6 Å². The van der Waals surface area contributed by atoms with Gasteiger partial charge in [0.05, 0.1) is 5.25 Å². The molecule has 0 unspecified atom stereocenters. The third kappa shape index (κ3) is 5.83. The van der Waals surface area contributed by atoms with Crippen LogP contribution >= 0.6 is 0 Å². The molecule has 0 amide bonds. The van der Waals surface area contributed by atoms with Crippen molar-refractivity contribution in [3.05, 3.63) is 29.8 Å². The van der Waals surface area contributed by atoms with Gasteiger partial charge in [-0.3, -0.25) is 4.72 Å². The summed E-state index contributed by atoms with van der Waals surface area (Å²) in [7, 11) is -3.29. The van der Waals surface area contributed by atoms with E-state index < -0.39 is 10.0 Å². The summed E-state index contributed by atoms with van der Waals surface area (Å²) in [5.74, 6) is 0.457. The Balaban J connectivity index is 2.02. The number of hydrogen-bond acceptors (Lipinski definition) is 2. The van der Waals surface area contributed by atoms with Crippen LogP contribution in [-0.4, -0.2) is 13.7 Å². The van der Waals surface area contributed by atoms with Crippen LogP contribution < -0.4 is 4.72 Å². The first-order valence-electron chi connectivity index (χ1n) is 9.10. The smallest absolute Gasteiger partial charge is 0.235 e. The van der Waals surface area contributed by atoms with E-state index in [9.17, 15) is 8.42 Å². The Kier molecular flexibility index (Phi) is 6.94. The van der Waals surface area contributed by atoms with Crippen molar-refractivity contribution in [2.24, 2.45) is 0 Å². The predicted molar refractivity (Wildman–Crippen MR) is 98.4 cm³/mol. The number of rotatable bonds is 4. The maximum absolute atomic E-state index is 12.7. The van der Waals surface area contributed by atoms with E-state index in [1.807, 2.05) is 24.3 Å². The lowest BCUT2D eigenvalue weighted by Crippen LogP contribution is -2.28. The molecule has 0 spiro atoms. The highest BCUT2D eigenvalue weighted by molar-refractivity contribution is 7.93. The minimum absolute atomic E-state index is 0.245. The van der Waals surface area contributed by atoms with E-state index in [1.165, 1.54) is 24.8 Å². The van der Waals surface area contributed by atoms with Crippen LogP contribution in [0, 0.1) is 0 Å². The second kappa shape index (κ2) is 8.72. The molecular formula is C19H31NO2S. The number of nitrogens with one attached hydrogen (secondary N) is 1. The van der Waals surface area contributed by atoms with Crippen molar-refractivity contribution in [1.82, 2.24) is 0 Å². The Morgan fingerprint density at radius 1 is 0.870 bits per heavy atom. The van der Waals surface area contributed by atoms with Gasteiger partial charge in [-0.15, -0.1) is 0 Å². The van der Waals surface area contributed by atoms with Crippen molar-refractivity contribution in [1.29, 1.82) is 0 Å². The molecule has 0 bridgehead atoms. The maximum Gasteiger partial charge on any atom is 0.235 e. The highest BCUT2D eigenvalue weighted by Gasteiger charge is 2.25. The largest absolute Gasteiger partial charge is 0.283 e. The molecule has 130 valence electrons. The van der Waals surface area contributed by atoms with Gasteiger partial charge in [0, 0.05) is 5.69 Å². The van der Waals surface area contributed by atoms with E-state index in [-0.39, 0.29) is 5.25 Å². The molecule has 1 aliphatic rings. The summed E-state index contributed by atoms with van der Waals surface area (Å²) in [6.07, 6.45) is 9.75. The van der Waals surface area contributed by atoms with Crippen molar-refractivity contribution in [2.45, 2.75) is 82.8 Å². The fourth-order valence-electron chi connectivity index (χ4n) is 3.27. The van der Waals surface area contributed by atoms with Gasteiger partial charge in [-0.05, 0) is 36.5 Å². The minimum Gasteiger partial charge on any atom is -0.283 e. The average molecular weight is 338 g/mol. The number of anilines is 1. The van der Waals surface area contributed by atoms with Crippen molar-refractivity contribution in [3.8, 4) is 0 Å². The van der Waals surface area contributed by atoms with Crippen LogP contribution in [0.25, 0.3) is 0 Å². The number of sulfonamides is 1. The first kappa shape index (κ1) is 18.3. The Bertz CT molecular complexity index is 554. The van der Waals surface area contributed by atoms with Gasteiger partial charge in [0.15, 0.2) is 0 Å². The number of benzene rings is 1. The molecule has 1 N–H and O–H groups in total. The molecule has 1 saturated carbocycles. The first-order valence-corrected chi connectivity index (χ1v) is 10.7. The quantitative estimate of drug-likeness (QED) is 0.794. The molecule has 1 fully saturated rings. The summed E-state index contributed by atoms with van der Waals surface area (Å²) < 4.78 is 28.3. The molecule has 0 aliphatic heterocycles. The zero-order chi connectivity index (χ0) is 16.7. The summed E-state index contributed by atoms with van der Waals surface area (Å²) in [5, 5.41) is -0.245. The Labute approximate surface area is 141 Å². The van der Waals surface area contributed by atoms with Crippen molar-refractivity contribution in [3.63, 3.8) is 0 Å². The molecule has 0 radical (unpaired) electrons. The van der Waals surface area contributed by atoms with Crippen LogP contribution in [0.4, 0.5) is 5.69 Å². The topological polar surface area (TPSA) is 46.2 Å². The van der Waals surface area contributed by atoms with Crippen LogP contribution in [-0.2, 0) is 10.0 Å². The molecule has 0 aromatic heterocycles. The van der Waals surface area contributed by atoms with Gasteiger partial charge < -0.3 is 0 Å². The van der Waals surface area contributed by atoms with Crippen LogP contribution in [0.1, 0.15) is 83.1 Å². The summed E-state index contributed by atoms with van der Waals surface area (Å²) in [5.41, 5.74) is 1.91. The van der Waals surface area contributed by atoms with Gasteiger partial charge in [-0.25, -0.2) is 8.42 Å². The number of hydrogen-bond donors (Lipinski definition) is 1. The molecule has 1 aromatic carbocycles. The zero-order valence-electron chi connectivity index (χ0n) is 14.6. The van der Waals surface area contributed by atoms with Crippen LogP contribution in [0.3, 0.4) is 0 Å². The molecular weight excluding hydrogens is 306 g/mol. The Morgan fingerprint density at radius 3 is 1.83 bits per heavy atom. The van der Waals surface area contributed by atoms with Crippen LogP contribution in [0.15, 0.2) is 24.3 Å². The lowest BCUT2D eigenvalue weighted by Gasteiger charge is -2.20.